The first-order valence-electron chi connectivity index (χ1n) is 7.56. The summed E-state index contributed by atoms with van der Waals surface area (Å²) in [4.78, 5) is 0. The van der Waals surface area contributed by atoms with Crippen molar-refractivity contribution in [1.82, 2.24) is 0 Å². The number of hydrogen-bond acceptors (Lipinski definition) is 1. The van der Waals surface area contributed by atoms with E-state index < -0.39 is 0 Å². The Morgan fingerprint density at radius 1 is 0.591 bits per heavy atom. The van der Waals surface area contributed by atoms with Crippen molar-refractivity contribution in [2.45, 2.75) is 6.92 Å². The lowest BCUT2D eigenvalue weighted by Gasteiger charge is -2.14. The number of rotatable bonds is 2. The SMILES string of the molecule is Cc1ccc2c(ccc3ccccc32)c1Nc1ccccc1. The number of nitrogens with one attached hydrogen (secondary N) is 1. The van der Waals surface area contributed by atoms with E-state index in [1.165, 1.54) is 32.8 Å². The summed E-state index contributed by atoms with van der Waals surface area (Å²) in [7, 11) is 0. The van der Waals surface area contributed by atoms with Crippen LogP contribution in [-0.2, 0) is 0 Å². The highest BCUT2D eigenvalue weighted by Gasteiger charge is 2.07. The second-order valence-corrected chi connectivity index (χ2v) is 5.63. The minimum Gasteiger partial charge on any atom is -0.355 e. The number of benzene rings is 4. The normalized spacial score (nSPS) is 11.0. The van der Waals surface area contributed by atoms with E-state index in [1.807, 2.05) is 6.07 Å². The topological polar surface area (TPSA) is 12.0 Å². The molecule has 0 atom stereocenters. The van der Waals surface area contributed by atoms with E-state index in [2.05, 4.69) is 85.0 Å². The lowest BCUT2D eigenvalue weighted by Crippen LogP contribution is -1.94. The molecule has 0 fully saturated rings. The predicted octanol–water partition coefficient (Wildman–Crippen LogP) is 6.05. The van der Waals surface area contributed by atoms with Gasteiger partial charge in [-0.25, -0.2) is 0 Å². The van der Waals surface area contributed by atoms with Crippen molar-refractivity contribution in [3.05, 3.63) is 84.4 Å². The van der Waals surface area contributed by atoms with Gasteiger partial charge in [-0.15, -0.1) is 0 Å². The monoisotopic (exact) mass is 283 g/mol. The molecule has 106 valence electrons. The van der Waals surface area contributed by atoms with Gasteiger partial charge in [0.2, 0.25) is 0 Å². The van der Waals surface area contributed by atoms with Gasteiger partial charge in [-0.1, -0.05) is 66.7 Å². The Bertz CT molecular complexity index is 955. The van der Waals surface area contributed by atoms with Crippen molar-refractivity contribution in [3.8, 4) is 0 Å². The molecule has 0 unspecified atom stereocenters. The molecular weight excluding hydrogens is 266 g/mol. The van der Waals surface area contributed by atoms with Gasteiger partial charge >= 0.3 is 0 Å². The Balaban J connectivity index is 1.97. The lowest BCUT2D eigenvalue weighted by atomic mass is 9.98. The minimum absolute atomic E-state index is 1.12. The molecule has 1 N–H and O–H groups in total. The number of anilines is 2. The molecule has 0 aromatic heterocycles. The van der Waals surface area contributed by atoms with Gasteiger partial charge in [0.15, 0.2) is 0 Å². The summed E-state index contributed by atoms with van der Waals surface area (Å²) in [6.07, 6.45) is 0. The Kier molecular flexibility index (Phi) is 3.05. The second-order valence-electron chi connectivity index (χ2n) is 5.63. The summed E-state index contributed by atoms with van der Waals surface area (Å²) in [6.45, 7) is 2.15. The van der Waals surface area contributed by atoms with E-state index in [4.69, 9.17) is 0 Å². The summed E-state index contributed by atoms with van der Waals surface area (Å²) in [5, 5.41) is 8.72. The fourth-order valence-electron chi connectivity index (χ4n) is 3.03. The molecule has 0 amide bonds. The van der Waals surface area contributed by atoms with Gasteiger partial charge in [0.1, 0.15) is 0 Å². The zero-order valence-electron chi connectivity index (χ0n) is 12.5. The van der Waals surface area contributed by atoms with Crippen LogP contribution >= 0.6 is 0 Å². The van der Waals surface area contributed by atoms with Crippen molar-refractivity contribution < 1.29 is 0 Å². The van der Waals surface area contributed by atoms with Gasteiger partial charge in [-0.05, 0) is 40.8 Å². The number of hydrogen-bond donors (Lipinski definition) is 1. The molecule has 0 aliphatic rings. The van der Waals surface area contributed by atoms with Crippen LogP contribution in [-0.4, -0.2) is 0 Å². The fourth-order valence-corrected chi connectivity index (χ4v) is 3.03. The highest BCUT2D eigenvalue weighted by atomic mass is 14.9. The average molecular weight is 283 g/mol. The van der Waals surface area contributed by atoms with Crippen molar-refractivity contribution in [2.75, 3.05) is 5.32 Å². The van der Waals surface area contributed by atoms with Gasteiger partial charge < -0.3 is 5.32 Å². The third-order valence-corrected chi connectivity index (χ3v) is 4.18. The first-order chi connectivity index (χ1) is 10.8. The van der Waals surface area contributed by atoms with Gasteiger partial charge in [-0.3, -0.25) is 0 Å². The molecule has 0 heterocycles. The third-order valence-electron chi connectivity index (χ3n) is 4.18. The summed E-state index contributed by atoms with van der Waals surface area (Å²) in [5.41, 5.74) is 3.56. The van der Waals surface area contributed by atoms with Crippen LogP contribution in [0.15, 0.2) is 78.9 Å². The molecule has 0 spiro atoms. The van der Waals surface area contributed by atoms with E-state index in [1.54, 1.807) is 0 Å². The Morgan fingerprint density at radius 2 is 1.32 bits per heavy atom. The third kappa shape index (κ3) is 2.11. The Labute approximate surface area is 130 Å². The molecule has 1 heteroatoms. The zero-order valence-corrected chi connectivity index (χ0v) is 12.5. The van der Waals surface area contributed by atoms with E-state index in [-0.39, 0.29) is 0 Å². The summed E-state index contributed by atoms with van der Waals surface area (Å²) in [6, 6.07) is 27.7. The zero-order chi connectivity index (χ0) is 14.9. The van der Waals surface area contributed by atoms with Crippen molar-refractivity contribution in [3.63, 3.8) is 0 Å². The molecule has 0 radical (unpaired) electrons. The van der Waals surface area contributed by atoms with Gasteiger partial charge in [0.05, 0.1) is 0 Å². The smallest absolute Gasteiger partial charge is 0.0493 e. The van der Waals surface area contributed by atoms with Crippen LogP contribution in [0.3, 0.4) is 0 Å². The molecule has 0 aliphatic heterocycles. The van der Waals surface area contributed by atoms with Gasteiger partial charge in [0, 0.05) is 16.8 Å². The molecular formula is C21H17N. The van der Waals surface area contributed by atoms with Crippen LogP contribution in [0.4, 0.5) is 11.4 Å². The summed E-state index contributed by atoms with van der Waals surface area (Å²) in [5.74, 6) is 0. The maximum atomic E-state index is 3.58. The molecule has 0 aliphatic carbocycles. The van der Waals surface area contributed by atoms with E-state index in [0.29, 0.717) is 0 Å². The number of para-hydroxylation sites is 1. The largest absolute Gasteiger partial charge is 0.355 e. The van der Waals surface area contributed by atoms with Crippen molar-refractivity contribution in [1.29, 1.82) is 0 Å². The maximum Gasteiger partial charge on any atom is 0.0493 e. The van der Waals surface area contributed by atoms with Crippen LogP contribution in [0.1, 0.15) is 5.56 Å². The van der Waals surface area contributed by atoms with E-state index >= 15 is 0 Å². The van der Waals surface area contributed by atoms with Crippen LogP contribution < -0.4 is 5.32 Å². The highest BCUT2D eigenvalue weighted by molar-refractivity contribution is 6.12. The average Bonchev–Trinajstić information content (AvgIpc) is 2.58. The molecule has 4 aromatic rings. The van der Waals surface area contributed by atoms with E-state index in [9.17, 15) is 0 Å². The summed E-state index contributed by atoms with van der Waals surface area (Å²) >= 11 is 0. The fraction of sp³-hybridized carbons (Fsp3) is 0.0476. The van der Waals surface area contributed by atoms with Crippen LogP contribution in [0, 0.1) is 6.92 Å². The number of aryl methyl sites for hydroxylation is 1. The molecule has 4 aromatic carbocycles. The standard InChI is InChI=1S/C21H17N/c1-15-11-13-19-18-10-6-5-7-16(18)12-14-20(19)21(15)22-17-8-3-2-4-9-17/h2-14,22H,1H3. The highest BCUT2D eigenvalue weighted by Crippen LogP contribution is 2.34. The van der Waals surface area contributed by atoms with Crippen LogP contribution in [0.25, 0.3) is 21.5 Å². The first-order valence-corrected chi connectivity index (χ1v) is 7.56. The predicted molar refractivity (Wildman–Crippen MR) is 95.9 cm³/mol. The molecule has 22 heavy (non-hydrogen) atoms. The minimum atomic E-state index is 1.12. The van der Waals surface area contributed by atoms with E-state index in [0.717, 1.165) is 5.69 Å². The maximum absolute atomic E-state index is 3.58. The van der Waals surface area contributed by atoms with Crippen LogP contribution in [0.5, 0.6) is 0 Å². The Hall–Kier alpha value is -2.80. The molecule has 0 bridgehead atoms. The van der Waals surface area contributed by atoms with Gasteiger partial charge in [-0.2, -0.15) is 0 Å². The van der Waals surface area contributed by atoms with Gasteiger partial charge in [0.25, 0.3) is 0 Å². The quantitative estimate of drug-likeness (QED) is 0.442. The molecule has 4 rings (SSSR count). The molecule has 0 saturated heterocycles. The molecule has 1 nitrogen and oxygen atoms in total. The summed E-state index contributed by atoms with van der Waals surface area (Å²) < 4.78 is 0. The lowest BCUT2D eigenvalue weighted by molar-refractivity contribution is 1.46. The first kappa shape index (κ1) is 12.9. The van der Waals surface area contributed by atoms with Crippen LogP contribution in [0.2, 0.25) is 0 Å². The number of fused-ring (bicyclic) bond motifs is 3. The second kappa shape index (κ2) is 5.19. The molecule has 0 saturated carbocycles. The van der Waals surface area contributed by atoms with Crippen molar-refractivity contribution >= 4 is 32.9 Å². The Morgan fingerprint density at radius 3 is 2.18 bits per heavy atom. The van der Waals surface area contributed by atoms with Crippen molar-refractivity contribution in [2.24, 2.45) is 0 Å².